The third-order valence-electron chi connectivity index (χ3n) is 2.61. The van der Waals surface area contributed by atoms with Crippen LogP contribution in [-0.4, -0.2) is 8.32 Å². The van der Waals surface area contributed by atoms with E-state index in [4.69, 9.17) is 4.43 Å². The van der Waals surface area contributed by atoms with Crippen molar-refractivity contribution in [2.24, 2.45) is 0 Å². The molecule has 0 spiro atoms. The summed E-state index contributed by atoms with van der Waals surface area (Å²) in [5.41, 5.74) is 2.43. The molecule has 0 N–H and O–H groups in total. The molecule has 1 aromatic rings. The molecule has 1 aromatic carbocycles. The fraction of sp³-hybridized carbons (Fsp3) is 0.412. The zero-order chi connectivity index (χ0) is 14.3. The normalized spacial score (nSPS) is 12.3. The number of unbranched alkanes of at least 4 members (excludes halogenated alkanes) is 1. The summed E-state index contributed by atoms with van der Waals surface area (Å²) >= 11 is 0. The van der Waals surface area contributed by atoms with E-state index in [-0.39, 0.29) is 0 Å². The average molecular weight is 274 g/mol. The molecule has 0 saturated carbocycles. The van der Waals surface area contributed by atoms with Crippen molar-refractivity contribution in [1.29, 1.82) is 0 Å². The molecule has 0 aliphatic carbocycles. The first-order chi connectivity index (χ1) is 8.88. The SMILES string of the molecule is C=C(C)CCC/C=C(\O[Si](C)(C)C)c1ccccc1. The van der Waals surface area contributed by atoms with E-state index in [0.717, 1.165) is 25.0 Å². The second kappa shape index (κ2) is 7.34. The highest BCUT2D eigenvalue weighted by Crippen LogP contribution is 2.22. The molecule has 0 radical (unpaired) electrons. The summed E-state index contributed by atoms with van der Waals surface area (Å²) in [6.45, 7) is 12.7. The summed E-state index contributed by atoms with van der Waals surface area (Å²) in [4.78, 5) is 0. The first-order valence-corrected chi connectivity index (χ1v) is 10.4. The van der Waals surface area contributed by atoms with Gasteiger partial charge < -0.3 is 4.43 Å². The maximum absolute atomic E-state index is 6.21. The van der Waals surface area contributed by atoms with E-state index in [1.54, 1.807) is 0 Å². The number of hydrogen-bond donors (Lipinski definition) is 0. The Kier molecular flexibility index (Phi) is 6.09. The molecule has 0 saturated heterocycles. The van der Waals surface area contributed by atoms with Crippen molar-refractivity contribution in [3.63, 3.8) is 0 Å². The third-order valence-corrected chi connectivity index (χ3v) is 3.44. The lowest BCUT2D eigenvalue weighted by molar-refractivity contribution is 0.511. The van der Waals surface area contributed by atoms with Gasteiger partial charge in [-0.3, -0.25) is 0 Å². The monoisotopic (exact) mass is 274 g/mol. The van der Waals surface area contributed by atoms with Crippen LogP contribution in [0, 0.1) is 0 Å². The van der Waals surface area contributed by atoms with Gasteiger partial charge in [0.2, 0.25) is 8.32 Å². The summed E-state index contributed by atoms with van der Waals surface area (Å²) in [6.07, 6.45) is 5.50. The van der Waals surface area contributed by atoms with Crippen LogP contribution in [0.1, 0.15) is 31.7 Å². The lowest BCUT2D eigenvalue weighted by Gasteiger charge is -2.22. The Morgan fingerprint density at radius 2 is 1.84 bits per heavy atom. The predicted molar refractivity (Wildman–Crippen MR) is 87.5 cm³/mol. The van der Waals surface area contributed by atoms with E-state index in [1.807, 2.05) is 6.07 Å². The van der Waals surface area contributed by atoms with Crippen molar-refractivity contribution in [3.05, 3.63) is 54.1 Å². The van der Waals surface area contributed by atoms with Gasteiger partial charge in [0, 0.05) is 5.56 Å². The van der Waals surface area contributed by atoms with Crippen molar-refractivity contribution < 1.29 is 4.43 Å². The molecule has 0 unspecified atom stereocenters. The van der Waals surface area contributed by atoms with Crippen LogP contribution in [0.3, 0.4) is 0 Å². The van der Waals surface area contributed by atoms with Gasteiger partial charge in [-0.15, -0.1) is 6.58 Å². The van der Waals surface area contributed by atoms with Crippen molar-refractivity contribution in [3.8, 4) is 0 Å². The van der Waals surface area contributed by atoms with Crippen molar-refractivity contribution in [1.82, 2.24) is 0 Å². The second-order valence-electron chi connectivity index (χ2n) is 6.00. The summed E-state index contributed by atoms with van der Waals surface area (Å²) < 4.78 is 6.21. The number of rotatable bonds is 7. The van der Waals surface area contributed by atoms with Gasteiger partial charge >= 0.3 is 0 Å². The molecule has 0 amide bonds. The second-order valence-corrected chi connectivity index (χ2v) is 10.4. The van der Waals surface area contributed by atoms with Gasteiger partial charge in [0.05, 0.1) is 0 Å². The molecular formula is C17H26OSi. The Morgan fingerprint density at radius 1 is 1.21 bits per heavy atom. The molecule has 0 aliphatic heterocycles. The summed E-state index contributed by atoms with van der Waals surface area (Å²) in [5, 5.41) is 0. The lowest BCUT2D eigenvalue weighted by Crippen LogP contribution is -2.24. The van der Waals surface area contributed by atoms with Gasteiger partial charge in [0.15, 0.2) is 0 Å². The van der Waals surface area contributed by atoms with E-state index < -0.39 is 8.32 Å². The van der Waals surface area contributed by atoms with Gasteiger partial charge in [-0.2, -0.15) is 0 Å². The molecule has 0 heterocycles. The molecular weight excluding hydrogens is 248 g/mol. The molecule has 0 bridgehead atoms. The molecule has 1 rings (SSSR count). The Morgan fingerprint density at radius 3 is 2.37 bits per heavy atom. The highest BCUT2D eigenvalue weighted by Gasteiger charge is 2.18. The largest absolute Gasteiger partial charge is 0.544 e. The minimum absolute atomic E-state index is 1.04. The first-order valence-electron chi connectivity index (χ1n) is 6.97. The predicted octanol–water partition coefficient (Wildman–Crippen LogP) is 5.63. The van der Waals surface area contributed by atoms with Crippen molar-refractivity contribution in [2.45, 2.75) is 45.8 Å². The van der Waals surface area contributed by atoms with Crippen molar-refractivity contribution in [2.75, 3.05) is 0 Å². The molecule has 0 fully saturated rings. The van der Waals surface area contributed by atoms with E-state index in [1.165, 1.54) is 11.1 Å². The summed E-state index contributed by atoms with van der Waals surface area (Å²) in [6, 6.07) is 10.4. The lowest BCUT2D eigenvalue weighted by atomic mass is 10.1. The van der Waals surface area contributed by atoms with Crippen molar-refractivity contribution >= 4 is 14.1 Å². The molecule has 1 nitrogen and oxygen atoms in total. The van der Waals surface area contributed by atoms with Crippen LogP contribution in [0.2, 0.25) is 19.6 Å². The van der Waals surface area contributed by atoms with Crippen LogP contribution in [0.15, 0.2) is 48.6 Å². The quantitative estimate of drug-likeness (QED) is 0.271. The fourth-order valence-corrected chi connectivity index (χ4v) is 2.65. The van der Waals surface area contributed by atoms with Crippen LogP contribution < -0.4 is 0 Å². The van der Waals surface area contributed by atoms with Crippen LogP contribution in [-0.2, 0) is 4.43 Å². The first kappa shape index (κ1) is 15.8. The Bertz CT molecular complexity index is 426. The zero-order valence-corrected chi connectivity index (χ0v) is 13.7. The van der Waals surface area contributed by atoms with Crippen LogP contribution >= 0.6 is 0 Å². The maximum atomic E-state index is 6.21. The smallest absolute Gasteiger partial charge is 0.242 e. The fourth-order valence-electron chi connectivity index (χ4n) is 1.79. The van der Waals surface area contributed by atoms with E-state index in [2.05, 4.69) is 63.5 Å². The van der Waals surface area contributed by atoms with Crippen LogP contribution in [0.5, 0.6) is 0 Å². The van der Waals surface area contributed by atoms with E-state index >= 15 is 0 Å². The Balaban J connectivity index is 2.75. The van der Waals surface area contributed by atoms with Gasteiger partial charge in [0.25, 0.3) is 0 Å². The molecule has 0 aromatic heterocycles. The van der Waals surface area contributed by atoms with E-state index in [0.29, 0.717) is 0 Å². The Labute approximate surface area is 119 Å². The molecule has 0 atom stereocenters. The van der Waals surface area contributed by atoms with Crippen LogP contribution in [0.4, 0.5) is 0 Å². The number of allylic oxidation sites excluding steroid dienone is 2. The highest BCUT2D eigenvalue weighted by molar-refractivity contribution is 6.70. The summed E-state index contributed by atoms with van der Waals surface area (Å²) in [7, 11) is -1.57. The highest BCUT2D eigenvalue weighted by atomic mass is 28.4. The maximum Gasteiger partial charge on any atom is 0.242 e. The zero-order valence-electron chi connectivity index (χ0n) is 12.7. The number of hydrogen-bond acceptors (Lipinski definition) is 1. The van der Waals surface area contributed by atoms with Gasteiger partial charge in [-0.25, -0.2) is 0 Å². The molecule has 2 heteroatoms. The Hall–Kier alpha value is -1.28. The molecule has 104 valence electrons. The topological polar surface area (TPSA) is 9.23 Å². The molecule has 0 aliphatic rings. The standard InChI is InChI=1S/C17H26OSi/c1-15(2)11-9-10-14-17(18-19(3,4)5)16-12-7-6-8-13-16/h6-8,12-14H,1,9-11H2,2-5H3/b17-14-. The summed E-state index contributed by atoms with van der Waals surface area (Å²) in [5.74, 6) is 1.04. The number of benzene rings is 1. The van der Waals surface area contributed by atoms with Gasteiger partial charge in [-0.05, 0) is 51.9 Å². The minimum Gasteiger partial charge on any atom is -0.544 e. The minimum atomic E-state index is -1.57. The van der Waals surface area contributed by atoms with Crippen LogP contribution in [0.25, 0.3) is 5.76 Å². The average Bonchev–Trinajstić information content (AvgIpc) is 2.32. The van der Waals surface area contributed by atoms with Gasteiger partial charge in [-0.1, -0.05) is 35.9 Å². The molecule has 19 heavy (non-hydrogen) atoms. The van der Waals surface area contributed by atoms with E-state index in [9.17, 15) is 0 Å². The van der Waals surface area contributed by atoms with Gasteiger partial charge in [0.1, 0.15) is 5.76 Å². The third kappa shape index (κ3) is 7.02.